The maximum atomic E-state index is 12.7. The van der Waals surface area contributed by atoms with Gasteiger partial charge in [0.05, 0.1) is 11.9 Å². The summed E-state index contributed by atoms with van der Waals surface area (Å²) in [6.45, 7) is 6.29. The average molecular weight is 351 g/mol. The summed E-state index contributed by atoms with van der Waals surface area (Å²) in [6, 6.07) is 9.21. The van der Waals surface area contributed by atoms with E-state index in [1.165, 1.54) is 12.8 Å². The molecule has 1 N–H and O–H groups in total. The summed E-state index contributed by atoms with van der Waals surface area (Å²) in [5, 5.41) is 3.26. The van der Waals surface area contributed by atoms with Crippen LogP contribution in [-0.2, 0) is 0 Å². The van der Waals surface area contributed by atoms with Gasteiger partial charge in [-0.15, -0.1) is 0 Å². The van der Waals surface area contributed by atoms with E-state index in [1.807, 2.05) is 37.3 Å². The van der Waals surface area contributed by atoms with Crippen molar-refractivity contribution < 1.29 is 9.53 Å². The van der Waals surface area contributed by atoms with Crippen LogP contribution < -0.4 is 10.1 Å². The molecule has 5 heteroatoms. The molecule has 1 aromatic carbocycles. The third kappa shape index (κ3) is 3.44. The zero-order valence-electron chi connectivity index (χ0n) is 15.4. The lowest BCUT2D eigenvalue weighted by molar-refractivity contribution is -0.0346. The minimum Gasteiger partial charge on any atom is -0.456 e. The number of fused-ring (bicyclic) bond motifs is 3. The zero-order valence-corrected chi connectivity index (χ0v) is 15.4. The average Bonchev–Trinajstić information content (AvgIpc) is 2.63. The molecule has 0 unspecified atom stereocenters. The number of nitrogens with one attached hydrogen (secondary N) is 1. The van der Waals surface area contributed by atoms with E-state index < -0.39 is 0 Å². The summed E-state index contributed by atoms with van der Waals surface area (Å²) >= 11 is 0. The van der Waals surface area contributed by atoms with Gasteiger partial charge in [-0.1, -0.05) is 0 Å². The Hall–Kier alpha value is -2.40. The fourth-order valence-electron chi connectivity index (χ4n) is 4.16. The van der Waals surface area contributed by atoms with Crippen LogP contribution in [0.3, 0.4) is 0 Å². The number of piperidine rings is 3. The second-order valence-corrected chi connectivity index (χ2v) is 7.69. The largest absolute Gasteiger partial charge is 0.456 e. The number of ether oxygens (including phenoxy) is 1. The maximum absolute atomic E-state index is 12.7. The number of carbonyl (C=O) groups is 1. The summed E-state index contributed by atoms with van der Waals surface area (Å²) in [6.07, 6.45) is 7.02. The molecule has 26 heavy (non-hydrogen) atoms. The van der Waals surface area contributed by atoms with E-state index in [9.17, 15) is 4.79 Å². The molecule has 5 nitrogen and oxygen atoms in total. The smallest absolute Gasteiger partial charge is 0.252 e. The van der Waals surface area contributed by atoms with E-state index >= 15 is 0 Å². The Bertz CT molecular complexity index is 797. The monoisotopic (exact) mass is 351 g/mol. The first-order valence-corrected chi connectivity index (χ1v) is 9.29. The molecule has 136 valence electrons. The van der Waals surface area contributed by atoms with Crippen molar-refractivity contribution in [3.8, 4) is 11.5 Å². The van der Waals surface area contributed by atoms with Gasteiger partial charge >= 0.3 is 0 Å². The Morgan fingerprint density at radius 2 is 1.92 bits per heavy atom. The number of nitrogens with zero attached hydrogens (tertiary/aromatic N) is 2. The highest BCUT2D eigenvalue weighted by Crippen LogP contribution is 2.37. The number of hydrogen-bond acceptors (Lipinski definition) is 4. The van der Waals surface area contributed by atoms with Crippen LogP contribution in [0, 0.1) is 12.8 Å². The first-order valence-electron chi connectivity index (χ1n) is 9.29. The fraction of sp³-hybridized carbons (Fsp3) is 0.429. The van der Waals surface area contributed by atoms with Crippen LogP contribution in [-0.4, -0.2) is 34.5 Å². The third-order valence-electron chi connectivity index (χ3n) is 5.58. The van der Waals surface area contributed by atoms with E-state index in [2.05, 4.69) is 22.1 Å². The highest BCUT2D eigenvalue weighted by atomic mass is 16.5. The molecule has 0 aliphatic carbocycles. The highest BCUT2D eigenvalue weighted by molar-refractivity contribution is 5.94. The van der Waals surface area contributed by atoms with Crippen LogP contribution in [0.25, 0.3) is 0 Å². The summed E-state index contributed by atoms with van der Waals surface area (Å²) in [5.41, 5.74) is 1.48. The molecule has 0 spiro atoms. The van der Waals surface area contributed by atoms with E-state index in [1.54, 1.807) is 12.4 Å². The molecule has 3 saturated heterocycles. The van der Waals surface area contributed by atoms with Crippen LogP contribution in [0.2, 0.25) is 0 Å². The van der Waals surface area contributed by atoms with Gasteiger partial charge in [-0.2, -0.15) is 0 Å². The first-order chi connectivity index (χ1) is 12.5. The predicted octanol–water partition coefficient (Wildman–Crippen LogP) is 3.74. The quantitative estimate of drug-likeness (QED) is 0.912. The molecule has 2 bridgehead atoms. The van der Waals surface area contributed by atoms with Crippen LogP contribution in [0.5, 0.6) is 11.5 Å². The Balaban J connectivity index is 1.42. The van der Waals surface area contributed by atoms with Crippen molar-refractivity contribution in [2.45, 2.75) is 38.8 Å². The van der Waals surface area contributed by atoms with Gasteiger partial charge in [0.1, 0.15) is 11.5 Å². The lowest BCUT2D eigenvalue weighted by Gasteiger charge is -2.52. The molecular weight excluding hydrogens is 326 g/mol. The number of hydrogen-bond donors (Lipinski definition) is 1. The van der Waals surface area contributed by atoms with E-state index in [4.69, 9.17) is 4.74 Å². The summed E-state index contributed by atoms with van der Waals surface area (Å²) in [7, 11) is 0. The highest BCUT2D eigenvalue weighted by Gasteiger charge is 2.43. The molecule has 3 aliphatic heterocycles. The summed E-state index contributed by atoms with van der Waals surface area (Å²) < 4.78 is 5.80. The number of amides is 1. The first kappa shape index (κ1) is 17.0. The van der Waals surface area contributed by atoms with Gasteiger partial charge < -0.3 is 10.1 Å². The van der Waals surface area contributed by atoms with E-state index in [0.29, 0.717) is 17.1 Å². The zero-order chi connectivity index (χ0) is 18.1. The minimum absolute atomic E-state index is 0.0242. The second-order valence-electron chi connectivity index (χ2n) is 7.69. The Morgan fingerprint density at radius 1 is 1.19 bits per heavy atom. The number of aromatic nitrogens is 1. The van der Waals surface area contributed by atoms with Crippen LogP contribution in [0.15, 0.2) is 42.7 Å². The maximum Gasteiger partial charge on any atom is 0.252 e. The molecule has 1 atom stereocenters. The van der Waals surface area contributed by atoms with Crippen molar-refractivity contribution in [2.75, 3.05) is 13.1 Å². The third-order valence-corrected chi connectivity index (χ3v) is 5.58. The number of rotatable bonds is 4. The van der Waals surface area contributed by atoms with Gasteiger partial charge in [0.15, 0.2) is 0 Å². The number of pyridine rings is 1. The van der Waals surface area contributed by atoms with Gasteiger partial charge in [-0.3, -0.25) is 14.7 Å². The van der Waals surface area contributed by atoms with Crippen LogP contribution >= 0.6 is 0 Å². The van der Waals surface area contributed by atoms with Gasteiger partial charge in [0.25, 0.3) is 5.91 Å². The predicted molar refractivity (Wildman–Crippen MR) is 100 cm³/mol. The Kier molecular flexibility index (Phi) is 4.41. The Morgan fingerprint density at radius 3 is 2.54 bits per heavy atom. The van der Waals surface area contributed by atoms with Crippen molar-refractivity contribution in [2.24, 2.45) is 5.92 Å². The molecule has 0 radical (unpaired) electrons. The minimum atomic E-state index is -0.222. The topological polar surface area (TPSA) is 54.5 Å². The molecule has 0 saturated carbocycles. The van der Waals surface area contributed by atoms with E-state index in [-0.39, 0.29) is 11.6 Å². The molecule has 4 heterocycles. The van der Waals surface area contributed by atoms with Gasteiger partial charge in [-0.05, 0) is 74.9 Å². The summed E-state index contributed by atoms with van der Waals surface area (Å²) in [4.78, 5) is 19.3. The molecule has 1 aromatic heterocycles. The van der Waals surface area contributed by atoms with Gasteiger partial charge in [-0.25, -0.2) is 0 Å². The summed E-state index contributed by atoms with van der Waals surface area (Å²) in [5.74, 6) is 2.11. The number of aryl methyl sites for hydroxylation is 1. The normalized spacial score (nSPS) is 27.2. The van der Waals surface area contributed by atoms with Crippen molar-refractivity contribution in [1.29, 1.82) is 0 Å². The Labute approximate surface area is 154 Å². The van der Waals surface area contributed by atoms with Crippen molar-refractivity contribution in [1.82, 2.24) is 15.2 Å². The fourth-order valence-corrected chi connectivity index (χ4v) is 4.16. The number of benzene rings is 1. The van der Waals surface area contributed by atoms with Crippen molar-refractivity contribution >= 4 is 5.91 Å². The molecule has 2 aromatic rings. The molecular formula is C21H25N3O2. The molecule has 1 amide bonds. The van der Waals surface area contributed by atoms with Crippen LogP contribution in [0.4, 0.5) is 0 Å². The SMILES string of the molecule is Cc1cncc(Oc2ccc(C(=O)N[C@]3(C)CC4CCN3CC4)cc2)c1. The molecule has 3 fully saturated rings. The van der Waals surface area contributed by atoms with Crippen molar-refractivity contribution in [3.05, 3.63) is 53.9 Å². The van der Waals surface area contributed by atoms with Crippen molar-refractivity contribution in [3.63, 3.8) is 0 Å². The lowest BCUT2D eigenvalue weighted by atomic mass is 9.80. The molecule has 3 aliphatic rings. The second kappa shape index (κ2) is 6.72. The number of carbonyl (C=O) groups excluding carboxylic acids is 1. The molecule has 5 rings (SSSR count). The van der Waals surface area contributed by atoms with Gasteiger partial charge in [0.2, 0.25) is 0 Å². The van der Waals surface area contributed by atoms with E-state index in [0.717, 1.165) is 31.0 Å². The van der Waals surface area contributed by atoms with Crippen LogP contribution in [0.1, 0.15) is 42.1 Å². The standard InChI is InChI=1S/C21H25N3O2/c1-15-11-19(14-22-13-15)26-18-5-3-17(4-6-18)20(25)23-21(2)12-16-7-9-24(21)10-8-16/h3-6,11,13-14,16H,7-10,12H2,1-2H3,(H,23,25)/t21-/m0/s1. The lowest BCUT2D eigenvalue weighted by Crippen LogP contribution is -2.65. The van der Waals surface area contributed by atoms with Gasteiger partial charge in [0, 0.05) is 24.8 Å².